The number of nitrogens with zero attached hydrogens (tertiary/aromatic N) is 4. The SMILES string of the molecule is COCCOc1cc(N(C)S(=O)(=O)c2ccccn2)c2[nH]c(C3=NCC(CN4CCS(=O)(=O)CC4)S3)cc2c1. The van der Waals surface area contributed by atoms with Crippen molar-refractivity contribution in [1.29, 1.82) is 0 Å². The number of fused-ring (bicyclic) bond motifs is 1. The summed E-state index contributed by atoms with van der Waals surface area (Å²) in [5.74, 6) is 0.918. The van der Waals surface area contributed by atoms with E-state index >= 15 is 0 Å². The maximum absolute atomic E-state index is 13.4. The number of sulfonamides is 1. The van der Waals surface area contributed by atoms with Crippen molar-refractivity contribution in [3.8, 4) is 5.75 Å². The van der Waals surface area contributed by atoms with Gasteiger partial charge in [-0.05, 0) is 24.3 Å². The fourth-order valence-corrected chi connectivity index (χ4v) is 8.08. The number of H-pyrrole nitrogens is 1. The summed E-state index contributed by atoms with van der Waals surface area (Å²) in [6.07, 6.45) is 1.45. The number of nitrogens with one attached hydrogen (secondary N) is 1. The largest absolute Gasteiger partial charge is 0.491 e. The first-order valence-corrected chi connectivity index (χ1v) is 16.6. The fraction of sp³-hybridized carbons (Fsp3) is 0.440. The number of aromatic nitrogens is 2. The summed E-state index contributed by atoms with van der Waals surface area (Å²) in [4.78, 5) is 14.4. The molecule has 1 aromatic carbocycles. The van der Waals surface area contributed by atoms with E-state index in [9.17, 15) is 16.8 Å². The minimum absolute atomic E-state index is 0.0535. The molecule has 1 fully saturated rings. The van der Waals surface area contributed by atoms with E-state index < -0.39 is 19.9 Å². The molecule has 11 nitrogen and oxygen atoms in total. The van der Waals surface area contributed by atoms with Gasteiger partial charge in [-0.2, -0.15) is 8.42 Å². The van der Waals surface area contributed by atoms with Crippen molar-refractivity contribution in [2.24, 2.45) is 4.99 Å². The second-order valence-corrected chi connectivity index (χ2v) is 14.9. The van der Waals surface area contributed by atoms with Gasteiger partial charge in [0.1, 0.15) is 17.4 Å². The molecule has 2 aliphatic heterocycles. The zero-order chi connectivity index (χ0) is 27.6. The predicted molar refractivity (Wildman–Crippen MR) is 153 cm³/mol. The number of methoxy groups -OCH3 is 1. The van der Waals surface area contributed by atoms with E-state index in [-0.39, 0.29) is 21.8 Å². The van der Waals surface area contributed by atoms with Crippen molar-refractivity contribution in [3.05, 3.63) is 48.3 Å². The average Bonchev–Trinajstić information content (AvgIpc) is 3.57. The predicted octanol–water partition coefficient (Wildman–Crippen LogP) is 2.01. The Morgan fingerprint density at radius 2 is 1.97 bits per heavy atom. The molecule has 1 N–H and O–H groups in total. The molecule has 1 unspecified atom stereocenters. The van der Waals surface area contributed by atoms with Crippen LogP contribution in [0.15, 0.2) is 52.6 Å². The number of hydrogen-bond acceptors (Lipinski definition) is 10. The molecule has 1 saturated heterocycles. The van der Waals surface area contributed by atoms with Crippen LogP contribution in [-0.2, 0) is 24.6 Å². The Hall–Kier alpha value is -2.65. The summed E-state index contributed by atoms with van der Waals surface area (Å²) in [6.45, 7) is 3.20. The van der Waals surface area contributed by atoms with Crippen molar-refractivity contribution in [2.75, 3.05) is 69.4 Å². The normalized spacial score (nSPS) is 19.7. The summed E-state index contributed by atoms with van der Waals surface area (Å²) in [6, 6.07) is 10.3. The van der Waals surface area contributed by atoms with Crippen LogP contribution in [0.3, 0.4) is 0 Å². The molecule has 0 spiro atoms. The van der Waals surface area contributed by atoms with Crippen LogP contribution in [0.1, 0.15) is 5.69 Å². The molecule has 5 rings (SSSR count). The third-order valence-corrected chi connectivity index (χ3v) is 11.2. The molecule has 0 aliphatic carbocycles. The Morgan fingerprint density at radius 3 is 2.69 bits per heavy atom. The zero-order valence-corrected chi connectivity index (χ0v) is 24.2. The van der Waals surface area contributed by atoms with Gasteiger partial charge >= 0.3 is 0 Å². The molecule has 0 amide bonds. The summed E-state index contributed by atoms with van der Waals surface area (Å²) in [5, 5.41) is 1.78. The summed E-state index contributed by atoms with van der Waals surface area (Å²) >= 11 is 1.65. The second-order valence-electron chi connectivity index (χ2n) is 9.41. The van der Waals surface area contributed by atoms with Gasteiger partial charge in [-0.15, -0.1) is 0 Å². The van der Waals surface area contributed by atoms with Crippen LogP contribution in [-0.4, -0.2) is 107 Å². The van der Waals surface area contributed by atoms with Gasteiger partial charge in [0.15, 0.2) is 14.9 Å². The van der Waals surface area contributed by atoms with E-state index in [0.29, 0.717) is 49.8 Å². The number of sulfone groups is 1. The van der Waals surface area contributed by atoms with Crippen LogP contribution in [0.5, 0.6) is 5.75 Å². The van der Waals surface area contributed by atoms with E-state index in [4.69, 9.17) is 14.5 Å². The Kier molecular flexibility index (Phi) is 8.19. The molecule has 4 heterocycles. The molecule has 0 bridgehead atoms. The van der Waals surface area contributed by atoms with Gasteiger partial charge in [0, 0.05) is 56.7 Å². The first-order valence-electron chi connectivity index (χ1n) is 12.5. The third-order valence-electron chi connectivity index (χ3n) is 6.69. The summed E-state index contributed by atoms with van der Waals surface area (Å²) in [7, 11) is -3.77. The van der Waals surface area contributed by atoms with E-state index in [1.165, 1.54) is 23.6 Å². The smallest absolute Gasteiger partial charge is 0.281 e. The lowest BCUT2D eigenvalue weighted by molar-refractivity contribution is 0.146. The number of benzene rings is 1. The molecule has 1 atom stereocenters. The highest BCUT2D eigenvalue weighted by Crippen LogP contribution is 2.36. The van der Waals surface area contributed by atoms with Crippen molar-refractivity contribution in [2.45, 2.75) is 10.3 Å². The van der Waals surface area contributed by atoms with Crippen LogP contribution in [0.4, 0.5) is 5.69 Å². The maximum Gasteiger partial charge on any atom is 0.281 e. The number of anilines is 1. The number of aliphatic imine (C=N–C) groups is 1. The van der Waals surface area contributed by atoms with Crippen molar-refractivity contribution in [1.82, 2.24) is 14.9 Å². The molecule has 2 aromatic heterocycles. The van der Waals surface area contributed by atoms with Crippen molar-refractivity contribution >= 4 is 53.3 Å². The number of rotatable bonds is 10. The second kappa shape index (κ2) is 11.5. The maximum atomic E-state index is 13.4. The number of aromatic amines is 1. The zero-order valence-electron chi connectivity index (χ0n) is 21.7. The Balaban J connectivity index is 1.41. The average molecular weight is 594 g/mol. The molecular weight excluding hydrogens is 563 g/mol. The highest BCUT2D eigenvalue weighted by atomic mass is 32.2. The topological polar surface area (TPSA) is 134 Å². The first kappa shape index (κ1) is 27.9. The monoisotopic (exact) mass is 593 g/mol. The highest BCUT2D eigenvalue weighted by Gasteiger charge is 2.29. The Labute approximate surface area is 232 Å². The van der Waals surface area contributed by atoms with Crippen molar-refractivity contribution < 1.29 is 26.3 Å². The minimum Gasteiger partial charge on any atom is -0.491 e. The molecular formula is C25H31N5O6S3. The molecule has 39 heavy (non-hydrogen) atoms. The van der Waals surface area contributed by atoms with Crippen LogP contribution in [0, 0.1) is 0 Å². The highest BCUT2D eigenvalue weighted by molar-refractivity contribution is 8.15. The lowest BCUT2D eigenvalue weighted by atomic mass is 10.2. The lowest BCUT2D eigenvalue weighted by Crippen LogP contribution is -2.43. The number of thioether (sulfide) groups is 1. The van der Waals surface area contributed by atoms with Crippen LogP contribution >= 0.6 is 11.8 Å². The number of pyridine rings is 1. The van der Waals surface area contributed by atoms with Gasteiger partial charge in [-0.25, -0.2) is 13.4 Å². The van der Waals surface area contributed by atoms with E-state index in [1.807, 2.05) is 12.1 Å². The molecule has 0 saturated carbocycles. The molecule has 210 valence electrons. The summed E-state index contributed by atoms with van der Waals surface area (Å²) < 4.78 is 62.5. The van der Waals surface area contributed by atoms with Crippen LogP contribution in [0.2, 0.25) is 0 Å². The Bertz CT molecular complexity index is 1560. The van der Waals surface area contributed by atoms with Gasteiger partial charge in [0.05, 0.1) is 41.6 Å². The van der Waals surface area contributed by atoms with Crippen LogP contribution < -0.4 is 9.04 Å². The van der Waals surface area contributed by atoms with Gasteiger partial charge in [0.2, 0.25) is 0 Å². The van der Waals surface area contributed by atoms with E-state index in [2.05, 4.69) is 14.9 Å². The molecule has 14 heteroatoms. The van der Waals surface area contributed by atoms with E-state index in [1.54, 1.807) is 37.1 Å². The number of ether oxygens (including phenoxy) is 2. The van der Waals surface area contributed by atoms with Gasteiger partial charge in [-0.1, -0.05) is 17.8 Å². The summed E-state index contributed by atoms with van der Waals surface area (Å²) in [5.41, 5.74) is 1.85. The fourth-order valence-electron chi connectivity index (χ4n) is 4.54. The van der Waals surface area contributed by atoms with Gasteiger partial charge < -0.3 is 19.4 Å². The van der Waals surface area contributed by atoms with Gasteiger partial charge in [-0.3, -0.25) is 9.30 Å². The van der Waals surface area contributed by atoms with E-state index in [0.717, 1.165) is 22.7 Å². The molecule has 0 radical (unpaired) electrons. The van der Waals surface area contributed by atoms with Crippen LogP contribution in [0.25, 0.3) is 10.9 Å². The molecule has 3 aromatic rings. The first-order chi connectivity index (χ1) is 18.7. The quantitative estimate of drug-likeness (QED) is 0.350. The third kappa shape index (κ3) is 6.24. The Morgan fingerprint density at radius 1 is 1.18 bits per heavy atom. The molecule has 2 aliphatic rings. The number of hydrogen-bond donors (Lipinski definition) is 1. The van der Waals surface area contributed by atoms with Crippen molar-refractivity contribution in [3.63, 3.8) is 0 Å². The lowest BCUT2D eigenvalue weighted by Gasteiger charge is -2.28. The standard InChI is InChI=1S/C25H31N5O6S3/c1-29(39(33,34)23-5-3-4-6-26-23)22-15-19(36-10-9-35-2)13-18-14-21(28-24(18)22)25-27-16-20(37-25)17-30-7-11-38(31,32)12-8-30/h3-6,13-15,20,28H,7-12,16-17H2,1-2H3. The minimum atomic E-state index is -3.93. The van der Waals surface area contributed by atoms with Gasteiger partial charge in [0.25, 0.3) is 10.0 Å².